The van der Waals surface area contributed by atoms with E-state index < -0.39 is 11.8 Å². The van der Waals surface area contributed by atoms with Crippen molar-refractivity contribution in [3.8, 4) is 0 Å². The number of aromatic nitrogens is 3. The summed E-state index contributed by atoms with van der Waals surface area (Å²) in [6.45, 7) is 8.02. The Balaban J connectivity index is 2.01. The molecule has 0 bridgehead atoms. The lowest BCUT2D eigenvalue weighted by molar-refractivity contribution is -0.114. The minimum absolute atomic E-state index is 0.337. The Morgan fingerprint density at radius 3 is 2.71 bits per heavy atom. The van der Waals surface area contributed by atoms with Crippen molar-refractivity contribution >= 4 is 44.5 Å². The summed E-state index contributed by atoms with van der Waals surface area (Å²) in [6, 6.07) is 3.95. The summed E-state index contributed by atoms with van der Waals surface area (Å²) in [7, 11) is 0. The first-order valence-corrected chi connectivity index (χ1v) is 11.4. The Kier molecular flexibility index (Phi) is 5.85. The average Bonchev–Trinajstić information content (AvgIpc) is 3.33. The van der Waals surface area contributed by atoms with Crippen LogP contribution in [0, 0.1) is 12.8 Å². The van der Waals surface area contributed by atoms with Crippen LogP contribution in [0.1, 0.15) is 56.2 Å². The Bertz CT molecular complexity index is 1220. The van der Waals surface area contributed by atoms with Crippen molar-refractivity contribution in [2.24, 2.45) is 11.7 Å². The Morgan fingerprint density at radius 1 is 1.35 bits per heavy atom. The van der Waals surface area contributed by atoms with Crippen LogP contribution in [0.4, 0.5) is 0 Å². The average molecular weight is 458 g/mol. The van der Waals surface area contributed by atoms with E-state index in [1.165, 1.54) is 11.3 Å². The van der Waals surface area contributed by atoms with Crippen molar-refractivity contribution in [3.05, 3.63) is 57.1 Å². The zero-order chi connectivity index (χ0) is 22.3. The van der Waals surface area contributed by atoms with Gasteiger partial charge in [0.15, 0.2) is 0 Å². The van der Waals surface area contributed by atoms with Crippen LogP contribution in [0.15, 0.2) is 39.7 Å². The van der Waals surface area contributed by atoms with E-state index in [0.29, 0.717) is 41.3 Å². The van der Waals surface area contributed by atoms with Crippen molar-refractivity contribution in [2.75, 3.05) is 0 Å². The maximum absolute atomic E-state index is 12.8. The summed E-state index contributed by atoms with van der Waals surface area (Å²) in [5.74, 6) is 0.270. The molecule has 0 spiro atoms. The van der Waals surface area contributed by atoms with Crippen molar-refractivity contribution < 1.29 is 9.21 Å². The molecule has 4 rings (SSSR count). The smallest absolute Gasteiger partial charge is 0.247 e. The van der Waals surface area contributed by atoms with Crippen molar-refractivity contribution in [3.63, 3.8) is 0 Å². The molecule has 1 unspecified atom stereocenters. The first-order chi connectivity index (χ1) is 14.8. The molecule has 4 heterocycles. The number of nitrogens with one attached hydrogen (secondary N) is 1. The number of dihydropyridines is 1. The van der Waals surface area contributed by atoms with E-state index in [9.17, 15) is 4.79 Å². The van der Waals surface area contributed by atoms with E-state index in [4.69, 9.17) is 21.8 Å². The maximum atomic E-state index is 12.8. The number of amides is 1. The third-order valence-electron chi connectivity index (χ3n) is 5.21. The molecule has 0 saturated heterocycles. The lowest BCUT2D eigenvalue weighted by Crippen LogP contribution is -2.32. The summed E-state index contributed by atoms with van der Waals surface area (Å²) in [5.41, 5.74) is 9.04. The molecule has 0 radical (unpaired) electrons. The minimum atomic E-state index is -0.473. The summed E-state index contributed by atoms with van der Waals surface area (Å²) >= 11 is 7.85. The monoisotopic (exact) mass is 457 g/mol. The van der Waals surface area contributed by atoms with Gasteiger partial charge in [0.25, 0.3) is 0 Å². The molecule has 3 aromatic heterocycles. The highest BCUT2D eigenvalue weighted by molar-refractivity contribution is 7.19. The van der Waals surface area contributed by atoms with Crippen molar-refractivity contribution in [2.45, 2.75) is 46.5 Å². The van der Waals surface area contributed by atoms with Gasteiger partial charge in [-0.25, -0.2) is 4.98 Å². The molecule has 1 aliphatic rings. The predicted molar refractivity (Wildman–Crippen MR) is 122 cm³/mol. The number of allylic oxidation sites excluding steroid dienone is 3. The largest absolute Gasteiger partial charge is 0.421 e. The van der Waals surface area contributed by atoms with Gasteiger partial charge in [-0.05, 0) is 36.3 Å². The van der Waals surface area contributed by atoms with Crippen LogP contribution in [-0.4, -0.2) is 21.1 Å². The SMILES string of the molecule is CCC1=C(c2nnc(C)o2)C(c2cc3ccnc(Cl)c3s2)C(C(N)=O)=C(CC(C)C)N1. The summed E-state index contributed by atoms with van der Waals surface area (Å²) in [6.07, 6.45) is 3.07. The standard InChI is InChI=1S/C22H24ClN5O2S/c1-5-13-17(22-28-27-11(4)30-22)18(16(21(24)29)14(26-13)8-10(2)3)15-9-12-6-7-25-20(23)19(12)31-15/h6-7,9-10,18,26H,5,8H2,1-4H3,(H2,24,29). The van der Waals surface area contributed by atoms with Crippen LogP contribution in [0.3, 0.4) is 0 Å². The van der Waals surface area contributed by atoms with E-state index in [-0.39, 0.29) is 0 Å². The normalized spacial score (nSPS) is 17.0. The molecule has 31 heavy (non-hydrogen) atoms. The summed E-state index contributed by atoms with van der Waals surface area (Å²) in [4.78, 5) is 17.9. The Morgan fingerprint density at radius 2 is 2.13 bits per heavy atom. The van der Waals surface area contributed by atoms with Crippen LogP contribution in [0.2, 0.25) is 5.15 Å². The number of carbonyl (C=O) groups is 1. The van der Waals surface area contributed by atoms with Crippen LogP contribution in [0.25, 0.3) is 15.7 Å². The molecule has 3 aromatic rings. The number of nitrogens with two attached hydrogens (primary N) is 1. The van der Waals surface area contributed by atoms with E-state index >= 15 is 0 Å². The summed E-state index contributed by atoms with van der Waals surface area (Å²) < 4.78 is 6.69. The van der Waals surface area contributed by atoms with E-state index in [0.717, 1.165) is 31.9 Å². The van der Waals surface area contributed by atoms with E-state index in [2.05, 4.69) is 41.3 Å². The first-order valence-electron chi connectivity index (χ1n) is 10.2. The topological polar surface area (TPSA) is 107 Å². The van der Waals surface area contributed by atoms with Gasteiger partial charge in [0.1, 0.15) is 5.15 Å². The lowest BCUT2D eigenvalue weighted by Gasteiger charge is -2.31. The number of carbonyl (C=O) groups excluding carboxylic acids is 1. The third-order valence-corrected chi connectivity index (χ3v) is 6.83. The molecule has 1 aliphatic heterocycles. The Hall–Kier alpha value is -2.71. The number of fused-ring (bicyclic) bond motifs is 1. The van der Waals surface area contributed by atoms with Gasteiger partial charge in [-0.2, -0.15) is 0 Å². The highest BCUT2D eigenvalue weighted by Crippen LogP contribution is 2.48. The molecule has 7 nitrogen and oxygen atoms in total. The minimum Gasteiger partial charge on any atom is -0.421 e. The molecular formula is C22H24ClN5O2S. The number of hydrogen-bond donors (Lipinski definition) is 2. The molecule has 0 fully saturated rings. The number of primary amides is 1. The highest BCUT2D eigenvalue weighted by Gasteiger charge is 2.38. The molecule has 162 valence electrons. The quantitative estimate of drug-likeness (QED) is 0.508. The van der Waals surface area contributed by atoms with Gasteiger partial charge < -0.3 is 15.5 Å². The zero-order valence-electron chi connectivity index (χ0n) is 17.8. The zero-order valence-corrected chi connectivity index (χ0v) is 19.4. The van der Waals surface area contributed by atoms with Crippen LogP contribution >= 0.6 is 22.9 Å². The summed E-state index contributed by atoms with van der Waals surface area (Å²) in [5, 5.41) is 13.2. The number of nitrogens with zero attached hydrogens (tertiary/aromatic N) is 3. The lowest BCUT2D eigenvalue weighted by atomic mass is 9.81. The van der Waals surface area contributed by atoms with E-state index in [1.54, 1.807) is 13.1 Å². The molecule has 9 heteroatoms. The first kappa shape index (κ1) is 21.5. The number of thiophene rings is 1. The number of hydrogen-bond acceptors (Lipinski definition) is 7. The molecule has 0 aromatic carbocycles. The number of pyridine rings is 1. The van der Waals surface area contributed by atoms with Gasteiger partial charge in [0.05, 0.1) is 10.6 Å². The van der Waals surface area contributed by atoms with Gasteiger partial charge in [-0.3, -0.25) is 4.79 Å². The second-order valence-corrected chi connectivity index (χ2v) is 9.40. The number of rotatable bonds is 6. The molecule has 1 amide bonds. The molecule has 1 atom stereocenters. The van der Waals surface area contributed by atoms with Crippen molar-refractivity contribution in [1.82, 2.24) is 20.5 Å². The fraction of sp³-hybridized carbons (Fsp3) is 0.364. The fourth-order valence-corrected chi connectivity index (χ4v) is 5.42. The van der Waals surface area contributed by atoms with Gasteiger partial charge in [0, 0.05) is 40.5 Å². The third kappa shape index (κ3) is 3.97. The van der Waals surface area contributed by atoms with Crippen LogP contribution < -0.4 is 11.1 Å². The number of halogens is 1. The van der Waals surface area contributed by atoms with Crippen molar-refractivity contribution in [1.29, 1.82) is 0 Å². The predicted octanol–water partition coefficient (Wildman–Crippen LogP) is 4.93. The van der Waals surface area contributed by atoms with Crippen LogP contribution in [-0.2, 0) is 4.79 Å². The Labute approximate surface area is 189 Å². The van der Waals surface area contributed by atoms with E-state index in [1.807, 2.05) is 12.1 Å². The second kappa shape index (κ2) is 8.43. The van der Waals surface area contributed by atoms with Gasteiger partial charge in [-0.15, -0.1) is 21.5 Å². The second-order valence-electron chi connectivity index (χ2n) is 7.95. The fourth-order valence-electron chi connectivity index (χ4n) is 3.99. The van der Waals surface area contributed by atoms with Gasteiger partial charge >= 0.3 is 0 Å². The molecule has 0 saturated carbocycles. The maximum Gasteiger partial charge on any atom is 0.247 e. The molecular weight excluding hydrogens is 434 g/mol. The highest BCUT2D eigenvalue weighted by atomic mass is 35.5. The molecule has 3 N–H and O–H groups in total. The van der Waals surface area contributed by atoms with Gasteiger partial charge in [-0.1, -0.05) is 32.4 Å². The number of aryl methyl sites for hydroxylation is 1. The van der Waals surface area contributed by atoms with Crippen LogP contribution in [0.5, 0.6) is 0 Å². The van der Waals surface area contributed by atoms with Gasteiger partial charge in [0.2, 0.25) is 17.7 Å². The molecule has 0 aliphatic carbocycles.